The monoisotopic (exact) mass is 267 g/mol. The molecule has 0 aromatic heterocycles. The van der Waals surface area contributed by atoms with Gasteiger partial charge in [-0.05, 0) is 31.1 Å². The van der Waals surface area contributed by atoms with E-state index >= 15 is 0 Å². The lowest BCUT2D eigenvalue weighted by Crippen LogP contribution is -2.59. The molecule has 0 heterocycles. The summed E-state index contributed by atoms with van der Waals surface area (Å²) in [5.74, 6) is 1.02. The van der Waals surface area contributed by atoms with E-state index in [0.717, 1.165) is 19.3 Å². The van der Waals surface area contributed by atoms with Crippen LogP contribution in [0.15, 0.2) is 0 Å². The molecule has 0 aromatic carbocycles. The smallest absolute Gasteiger partial charge is 0.0743 e. The summed E-state index contributed by atoms with van der Waals surface area (Å²) in [4.78, 5) is 0. The third kappa shape index (κ3) is 2.71. The van der Waals surface area contributed by atoms with Gasteiger partial charge in [0.05, 0.1) is 5.60 Å². The fourth-order valence-electron chi connectivity index (χ4n) is 4.79. The Morgan fingerprint density at radius 1 is 0.947 bits per heavy atom. The van der Waals surface area contributed by atoms with Gasteiger partial charge in [-0.3, -0.25) is 0 Å². The van der Waals surface area contributed by atoms with E-state index in [1.165, 1.54) is 44.9 Å². The molecule has 3 atom stereocenters. The summed E-state index contributed by atoms with van der Waals surface area (Å²) >= 11 is 0. The van der Waals surface area contributed by atoms with Crippen LogP contribution in [-0.4, -0.2) is 17.3 Å². The van der Waals surface area contributed by atoms with Crippen LogP contribution < -0.4 is 5.73 Å². The normalized spacial score (nSPS) is 40.4. The molecule has 19 heavy (non-hydrogen) atoms. The summed E-state index contributed by atoms with van der Waals surface area (Å²) in [6, 6.07) is 0. The first-order valence-electron chi connectivity index (χ1n) is 8.48. The maximum atomic E-state index is 11.5. The molecule has 0 aliphatic heterocycles. The standard InChI is InChI=1S/C17H33NO/c1-14-9-8-12-17(19,15(14)2)16(13-18)10-6-4-3-5-7-11-16/h14-15,19H,3-13,18H2,1-2H3. The second-order valence-electron chi connectivity index (χ2n) is 7.33. The molecule has 0 saturated heterocycles. The minimum Gasteiger partial charge on any atom is -0.389 e. The molecular weight excluding hydrogens is 234 g/mol. The second-order valence-corrected chi connectivity index (χ2v) is 7.33. The van der Waals surface area contributed by atoms with Crippen molar-refractivity contribution in [1.82, 2.24) is 0 Å². The molecule has 0 amide bonds. The Kier molecular flexibility index (Phi) is 4.94. The summed E-state index contributed by atoms with van der Waals surface area (Å²) < 4.78 is 0. The van der Waals surface area contributed by atoms with Crippen LogP contribution in [0.2, 0.25) is 0 Å². The van der Waals surface area contributed by atoms with Gasteiger partial charge in [-0.2, -0.15) is 0 Å². The number of hydrogen-bond donors (Lipinski definition) is 2. The highest BCUT2D eigenvalue weighted by molar-refractivity contribution is 5.05. The molecule has 2 heteroatoms. The third-order valence-electron chi connectivity index (χ3n) is 6.44. The van der Waals surface area contributed by atoms with Crippen molar-refractivity contribution < 1.29 is 5.11 Å². The van der Waals surface area contributed by atoms with E-state index in [9.17, 15) is 5.11 Å². The number of rotatable bonds is 2. The van der Waals surface area contributed by atoms with Crippen LogP contribution in [0.4, 0.5) is 0 Å². The van der Waals surface area contributed by atoms with Crippen LogP contribution >= 0.6 is 0 Å². The van der Waals surface area contributed by atoms with Crippen LogP contribution in [0.3, 0.4) is 0 Å². The van der Waals surface area contributed by atoms with Crippen molar-refractivity contribution in [1.29, 1.82) is 0 Å². The van der Waals surface area contributed by atoms with Gasteiger partial charge in [0.2, 0.25) is 0 Å². The predicted octanol–water partition coefficient (Wildman–Crippen LogP) is 3.86. The van der Waals surface area contributed by atoms with E-state index in [0.29, 0.717) is 18.4 Å². The molecule has 2 aliphatic rings. The predicted molar refractivity (Wildman–Crippen MR) is 80.9 cm³/mol. The van der Waals surface area contributed by atoms with Crippen molar-refractivity contribution in [3.05, 3.63) is 0 Å². The van der Waals surface area contributed by atoms with E-state index in [1.807, 2.05) is 0 Å². The molecule has 0 aromatic rings. The number of nitrogens with two attached hydrogens (primary N) is 1. The van der Waals surface area contributed by atoms with Crippen molar-refractivity contribution in [2.24, 2.45) is 23.0 Å². The molecule has 2 nitrogen and oxygen atoms in total. The molecule has 3 N–H and O–H groups in total. The summed E-state index contributed by atoms with van der Waals surface area (Å²) in [5.41, 5.74) is 5.69. The van der Waals surface area contributed by atoms with Gasteiger partial charge in [0, 0.05) is 12.0 Å². The lowest BCUT2D eigenvalue weighted by molar-refractivity contribution is -0.162. The van der Waals surface area contributed by atoms with Crippen molar-refractivity contribution in [2.45, 2.75) is 83.7 Å². The average Bonchev–Trinajstić information content (AvgIpc) is 2.36. The first-order chi connectivity index (χ1) is 9.06. The van der Waals surface area contributed by atoms with Gasteiger partial charge in [-0.1, -0.05) is 58.8 Å². The molecule has 2 rings (SSSR count). The number of hydrogen-bond acceptors (Lipinski definition) is 2. The average molecular weight is 267 g/mol. The Hall–Kier alpha value is -0.0800. The fourth-order valence-corrected chi connectivity index (χ4v) is 4.79. The van der Waals surface area contributed by atoms with Crippen LogP contribution in [-0.2, 0) is 0 Å². The molecular formula is C17H33NO. The van der Waals surface area contributed by atoms with Crippen molar-refractivity contribution >= 4 is 0 Å². The molecule has 2 fully saturated rings. The van der Waals surface area contributed by atoms with Crippen molar-refractivity contribution in [3.63, 3.8) is 0 Å². The first kappa shape index (κ1) is 15.3. The van der Waals surface area contributed by atoms with E-state index in [2.05, 4.69) is 13.8 Å². The van der Waals surface area contributed by atoms with Crippen LogP contribution in [0.25, 0.3) is 0 Å². The minimum absolute atomic E-state index is 0.0124. The number of aliphatic hydroxyl groups is 1. The van der Waals surface area contributed by atoms with Gasteiger partial charge in [0.15, 0.2) is 0 Å². The summed E-state index contributed by atoms with van der Waals surface area (Å²) in [6.45, 7) is 5.24. The molecule has 0 bridgehead atoms. The Labute approximate surface area is 119 Å². The van der Waals surface area contributed by atoms with Gasteiger partial charge < -0.3 is 10.8 Å². The van der Waals surface area contributed by atoms with Crippen molar-refractivity contribution in [3.8, 4) is 0 Å². The van der Waals surface area contributed by atoms with Crippen LogP contribution in [0.5, 0.6) is 0 Å². The Morgan fingerprint density at radius 2 is 1.53 bits per heavy atom. The molecule has 0 spiro atoms. The zero-order chi connectivity index (χ0) is 13.9. The fraction of sp³-hybridized carbons (Fsp3) is 1.00. The first-order valence-corrected chi connectivity index (χ1v) is 8.48. The van der Waals surface area contributed by atoms with Crippen molar-refractivity contribution in [2.75, 3.05) is 6.54 Å². The molecule has 2 aliphatic carbocycles. The Balaban J connectivity index is 2.25. The molecule has 112 valence electrons. The molecule has 3 unspecified atom stereocenters. The third-order valence-corrected chi connectivity index (χ3v) is 6.44. The zero-order valence-corrected chi connectivity index (χ0v) is 13.0. The highest BCUT2D eigenvalue weighted by Crippen LogP contribution is 2.53. The lowest BCUT2D eigenvalue weighted by atomic mass is 9.54. The SMILES string of the molecule is CC1CCCC(O)(C2(CN)CCCCCCC2)C1C. The van der Waals surface area contributed by atoms with E-state index in [1.54, 1.807) is 0 Å². The topological polar surface area (TPSA) is 46.2 Å². The van der Waals surface area contributed by atoms with Gasteiger partial charge in [0.1, 0.15) is 0 Å². The highest BCUT2D eigenvalue weighted by Gasteiger charge is 2.53. The van der Waals surface area contributed by atoms with Crippen LogP contribution in [0.1, 0.15) is 78.1 Å². The quantitative estimate of drug-likeness (QED) is 0.798. The molecule has 0 radical (unpaired) electrons. The van der Waals surface area contributed by atoms with E-state index < -0.39 is 5.60 Å². The maximum absolute atomic E-state index is 11.5. The zero-order valence-electron chi connectivity index (χ0n) is 13.0. The Bertz CT molecular complexity index is 283. The summed E-state index contributed by atoms with van der Waals surface area (Å²) in [7, 11) is 0. The minimum atomic E-state index is -0.517. The largest absolute Gasteiger partial charge is 0.389 e. The van der Waals surface area contributed by atoms with Gasteiger partial charge in [0.25, 0.3) is 0 Å². The van der Waals surface area contributed by atoms with Crippen LogP contribution in [0, 0.1) is 17.3 Å². The second kappa shape index (κ2) is 6.13. The van der Waals surface area contributed by atoms with Gasteiger partial charge in [-0.25, -0.2) is 0 Å². The highest BCUT2D eigenvalue weighted by atomic mass is 16.3. The van der Waals surface area contributed by atoms with Gasteiger partial charge in [-0.15, -0.1) is 0 Å². The lowest BCUT2D eigenvalue weighted by Gasteiger charge is -2.55. The van der Waals surface area contributed by atoms with E-state index in [4.69, 9.17) is 5.73 Å². The Morgan fingerprint density at radius 3 is 2.11 bits per heavy atom. The molecule has 2 saturated carbocycles. The summed E-state index contributed by atoms with van der Waals surface area (Å²) in [5, 5.41) is 11.5. The maximum Gasteiger partial charge on any atom is 0.0743 e. The van der Waals surface area contributed by atoms with E-state index in [-0.39, 0.29) is 5.41 Å². The summed E-state index contributed by atoms with van der Waals surface area (Å²) in [6.07, 6.45) is 12.2. The van der Waals surface area contributed by atoms with Gasteiger partial charge >= 0.3 is 0 Å².